The summed E-state index contributed by atoms with van der Waals surface area (Å²) >= 11 is 0. The van der Waals surface area contributed by atoms with Gasteiger partial charge in [-0.05, 0) is 12.5 Å². The highest BCUT2D eigenvalue weighted by atomic mass is 19.1. The van der Waals surface area contributed by atoms with Gasteiger partial charge in [0.05, 0.1) is 4.92 Å². The SMILES string of the molecule is Cc1ccc([N+](=O)[O-])c(F)c1C(O)C(=O)O. The first-order valence-corrected chi connectivity index (χ1v) is 4.20. The van der Waals surface area contributed by atoms with Crippen LogP contribution in [-0.4, -0.2) is 21.1 Å². The summed E-state index contributed by atoms with van der Waals surface area (Å²) in [7, 11) is 0. The molecule has 0 saturated heterocycles. The molecule has 1 atom stereocenters. The second-order valence-corrected chi connectivity index (χ2v) is 3.13. The second kappa shape index (κ2) is 4.23. The topological polar surface area (TPSA) is 101 Å². The lowest BCUT2D eigenvalue weighted by atomic mass is 10.0. The van der Waals surface area contributed by atoms with Gasteiger partial charge in [-0.25, -0.2) is 4.79 Å². The van der Waals surface area contributed by atoms with Crippen LogP contribution in [0, 0.1) is 22.9 Å². The number of nitro groups is 1. The minimum Gasteiger partial charge on any atom is -0.479 e. The van der Waals surface area contributed by atoms with E-state index in [1.54, 1.807) is 0 Å². The van der Waals surface area contributed by atoms with Crippen molar-refractivity contribution in [3.05, 3.63) is 39.2 Å². The number of aliphatic carboxylic acids is 1. The van der Waals surface area contributed by atoms with Crippen molar-refractivity contribution in [3.8, 4) is 0 Å². The number of benzene rings is 1. The minimum absolute atomic E-state index is 0.137. The fraction of sp³-hybridized carbons (Fsp3) is 0.222. The fourth-order valence-electron chi connectivity index (χ4n) is 1.28. The quantitative estimate of drug-likeness (QED) is 0.598. The van der Waals surface area contributed by atoms with Gasteiger partial charge in [-0.3, -0.25) is 10.1 Å². The predicted octanol–water partition coefficient (Wildman–Crippen LogP) is 1.16. The molecule has 6 nitrogen and oxygen atoms in total. The van der Waals surface area contributed by atoms with E-state index in [1.165, 1.54) is 13.0 Å². The number of carboxylic acids is 1. The van der Waals surface area contributed by atoms with Gasteiger partial charge in [0.1, 0.15) is 0 Å². The molecule has 0 aliphatic carbocycles. The van der Waals surface area contributed by atoms with E-state index in [-0.39, 0.29) is 5.56 Å². The molecule has 1 aromatic carbocycles. The van der Waals surface area contributed by atoms with Gasteiger partial charge in [0, 0.05) is 11.6 Å². The Bertz CT molecular complexity index is 459. The van der Waals surface area contributed by atoms with Crippen LogP contribution in [0.15, 0.2) is 12.1 Å². The monoisotopic (exact) mass is 229 g/mol. The first kappa shape index (κ1) is 12.1. The predicted molar refractivity (Wildman–Crippen MR) is 50.4 cm³/mol. The van der Waals surface area contributed by atoms with Gasteiger partial charge in [-0.2, -0.15) is 4.39 Å². The highest BCUT2D eigenvalue weighted by Crippen LogP contribution is 2.28. The lowest BCUT2D eigenvalue weighted by Crippen LogP contribution is -2.14. The third-order valence-corrected chi connectivity index (χ3v) is 2.08. The van der Waals surface area contributed by atoms with E-state index in [9.17, 15) is 24.4 Å². The molecule has 0 aliphatic heterocycles. The standard InChI is InChI=1S/C9H8FNO5/c1-4-2-3-5(11(15)16)7(10)6(4)8(12)9(13)14/h2-3,8,12H,1H3,(H,13,14). The number of nitro benzene ring substituents is 1. The Labute approximate surface area is 89.1 Å². The lowest BCUT2D eigenvalue weighted by molar-refractivity contribution is -0.387. The highest BCUT2D eigenvalue weighted by Gasteiger charge is 2.28. The molecule has 0 saturated carbocycles. The largest absolute Gasteiger partial charge is 0.479 e. The van der Waals surface area contributed by atoms with Gasteiger partial charge in [0.15, 0.2) is 6.10 Å². The van der Waals surface area contributed by atoms with Crippen LogP contribution in [0.2, 0.25) is 0 Å². The molecule has 2 N–H and O–H groups in total. The van der Waals surface area contributed by atoms with Crippen molar-refractivity contribution in [2.45, 2.75) is 13.0 Å². The summed E-state index contributed by atoms with van der Waals surface area (Å²) in [5, 5.41) is 28.1. The molecule has 0 amide bonds. The number of halogens is 1. The maximum atomic E-state index is 13.5. The molecule has 0 aliphatic rings. The van der Waals surface area contributed by atoms with Crippen LogP contribution < -0.4 is 0 Å². The number of aliphatic hydroxyl groups excluding tert-OH is 1. The zero-order chi connectivity index (χ0) is 12.5. The van der Waals surface area contributed by atoms with Gasteiger partial charge in [0.2, 0.25) is 5.82 Å². The van der Waals surface area contributed by atoms with E-state index in [0.717, 1.165) is 6.07 Å². The number of nitrogens with zero attached hydrogens (tertiary/aromatic N) is 1. The second-order valence-electron chi connectivity index (χ2n) is 3.13. The van der Waals surface area contributed by atoms with E-state index < -0.39 is 34.1 Å². The molecule has 86 valence electrons. The summed E-state index contributed by atoms with van der Waals surface area (Å²) in [6.07, 6.45) is -2.11. The average molecular weight is 229 g/mol. The van der Waals surface area contributed by atoms with Gasteiger partial charge < -0.3 is 10.2 Å². The maximum absolute atomic E-state index is 13.5. The molecule has 0 radical (unpaired) electrons. The molecule has 0 bridgehead atoms. The summed E-state index contributed by atoms with van der Waals surface area (Å²) in [6.45, 7) is 1.36. The molecule has 0 aromatic heterocycles. The molecule has 1 rings (SSSR count). The van der Waals surface area contributed by atoms with Gasteiger partial charge in [-0.15, -0.1) is 0 Å². The molecule has 1 aromatic rings. The Morgan fingerprint density at radius 3 is 2.56 bits per heavy atom. The van der Waals surface area contributed by atoms with Crippen LogP contribution in [0.1, 0.15) is 17.2 Å². The first-order valence-electron chi connectivity index (χ1n) is 4.20. The third-order valence-electron chi connectivity index (χ3n) is 2.08. The molecular weight excluding hydrogens is 221 g/mol. The number of aliphatic hydroxyl groups is 1. The zero-order valence-corrected chi connectivity index (χ0v) is 8.18. The fourth-order valence-corrected chi connectivity index (χ4v) is 1.28. The number of aryl methyl sites for hydroxylation is 1. The van der Waals surface area contributed by atoms with Crippen LogP contribution in [-0.2, 0) is 4.79 Å². The van der Waals surface area contributed by atoms with Crippen molar-refractivity contribution >= 4 is 11.7 Å². The van der Waals surface area contributed by atoms with Crippen molar-refractivity contribution < 1.29 is 24.3 Å². The van der Waals surface area contributed by atoms with Crippen LogP contribution in [0.5, 0.6) is 0 Å². The van der Waals surface area contributed by atoms with Crippen molar-refractivity contribution in [2.24, 2.45) is 0 Å². The lowest BCUT2D eigenvalue weighted by Gasteiger charge is -2.10. The van der Waals surface area contributed by atoms with Crippen LogP contribution in [0.3, 0.4) is 0 Å². The van der Waals surface area contributed by atoms with Crippen LogP contribution >= 0.6 is 0 Å². The molecule has 7 heteroatoms. The average Bonchev–Trinajstić information content (AvgIpc) is 2.16. The van der Waals surface area contributed by atoms with Gasteiger partial charge >= 0.3 is 11.7 Å². The van der Waals surface area contributed by atoms with Crippen molar-refractivity contribution in [1.82, 2.24) is 0 Å². The summed E-state index contributed by atoms with van der Waals surface area (Å²) in [5.41, 5.74) is -1.30. The summed E-state index contributed by atoms with van der Waals surface area (Å²) < 4.78 is 13.5. The highest BCUT2D eigenvalue weighted by molar-refractivity contribution is 5.75. The van der Waals surface area contributed by atoms with Gasteiger partial charge in [-0.1, -0.05) is 6.07 Å². The molecule has 16 heavy (non-hydrogen) atoms. The van der Waals surface area contributed by atoms with E-state index in [4.69, 9.17) is 5.11 Å². The van der Waals surface area contributed by atoms with E-state index in [0.29, 0.717) is 0 Å². The van der Waals surface area contributed by atoms with Crippen LogP contribution in [0.25, 0.3) is 0 Å². The van der Waals surface area contributed by atoms with E-state index in [2.05, 4.69) is 0 Å². The molecular formula is C9H8FNO5. The smallest absolute Gasteiger partial charge is 0.337 e. The summed E-state index contributed by atoms with van der Waals surface area (Å²) in [5.74, 6) is -2.98. The van der Waals surface area contributed by atoms with Gasteiger partial charge in [0.25, 0.3) is 0 Å². The van der Waals surface area contributed by atoms with E-state index in [1.807, 2.05) is 0 Å². The summed E-state index contributed by atoms with van der Waals surface area (Å²) in [4.78, 5) is 19.9. The molecule has 0 heterocycles. The van der Waals surface area contributed by atoms with Crippen molar-refractivity contribution in [1.29, 1.82) is 0 Å². The number of carbonyl (C=O) groups is 1. The number of hydrogen-bond acceptors (Lipinski definition) is 4. The third kappa shape index (κ3) is 1.98. The first-order chi connectivity index (χ1) is 7.36. The maximum Gasteiger partial charge on any atom is 0.337 e. The normalized spacial score (nSPS) is 12.2. The Balaban J connectivity index is 3.43. The molecule has 0 spiro atoms. The van der Waals surface area contributed by atoms with Crippen molar-refractivity contribution in [3.63, 3.8) is 0 Å². The molecule has 0 fully saturated rings. The molecule has 1 unspecified atom stereocenters. The zero-order valence-electron chi connectivity index (χ0n) is 8.18. The van der Waals surface area contributed by atoms with E-state index >= 15 is 0 Å². The number of rotatable bonds is 3. The Kier molecular flexibility index (Phi) is 3.19. The van der Waals surface area contributed by atoms with Crippen molar-refractivity contribution in [2.75, 3.05) is 0 Å². The minimum atomic E-state index is -2.11. The Morgan fingerprint density at radius 1 is 1.56 bits per heavy atom. The Hall–Kier alpha value is -2.02. The number of carboxylic acid groups (broad SMARTS) is 1. The summed E-state index contributed by atoms with van der Waals surface area (Å²) in [6, 6.07) is 2.10. The van der Waals surface area contributed by atoms with Crippen LogP contribution in [0.4, 0.5) is 10.1 Å². The Morgan fingerprint density at radius 2 is 2.12 bits per heavy atom. The number of hydrogen-bond donors (Lipinski definition) is 2.